The Morgan fingerprint density at radius 2 is 1.88 bits per heavy atom. The predicted molar refractivity (Wildman–Crippen MR) is 62.7 cm³/mol. The van der Waals surface area contributed by atoms with Crippen molar-refractivity contribution in [3.05, 3.63) is 18.5 Å². The highest BCUT2D eigenvalue weighted by atomic mass is 16.7. The minimum atomic E-state index is -0.310. The Morgan fingerprint density at radius 1 is 1.12 bits per heavy atom. The van der Waals surface area contributed by atoms with Crippen LogP contribution in [0.2, 0.25) is 0 Å². The Hall–Kier alpha value is -1.20. The number of rotatable bonds is 1. The smallest absolute Gasteiger partial charge is 0.171 e. The van der Waals surface area contributed by atoms with Crippen LogP contribution in [-0.2, 0) is 9.47 Å². The maximum atomic E-state index is 5.81. The van der Waals surface area contributed by atoms with Crippen molar-refractivity contribution in [1.29, 1.82) is 0 Å². The fourth-order valence-electron chi connectivity index (χ4n) is 2.48. The van der Waals surface area contributed by atoms with Crippen molar-refractivity contribution in [2.24, 2.45) is 0 Å². The average molecular weight is 235 g/mol. The molecule has 0 aliphatic carbocycles. The van der Waals surface area contributed by atoms with Gasteiger partial charge in [0.05, 0.1) is 31.3 Å². The van der Waals surface area contributed by atoms with Crippen molar-refractivity contribution in [2.45, 2.75) is 25.0 Å². The van der Waals surface area contributed by atoms with Gasteiger partial charge in [-0.2, -0.15) is 10.2 Å². The predicted octanol–water partition coefficient (Wildman–Crippen LogP) is 1.21. The third-order valence-corrected chi connectivity index (χ3v) is 3.48. The van der Waals surface area contributed by atoms with Gasteiger partial charge in [-0.05, 0) is 12.5 Å². The molecule has 0 unspecified atom stereocenters. The highest BCUT2D eigenvalue weighted by molar-refractivity contribution is 5.43. The van der Waals surface area contributed by atoms with Gasteiger partial charge in [0.1, 0.15) is 0 Å². The summed E-state index contributed by atoms with van der Waals surface area (Å²) in [5.41, 5.74) is 1.13. The lowest BCUT2D eigenvalue weighted by molar-refractivity contribution is -0.275. The first-order chi connectivity index (χ1) is 8.38. The fraction of sp³-hybridized carbons (Fsp3) is 0.667. The third-order valence-electron chi connectivity index (χ3n) is 3.48. The normalized spacial score (nSPS) is 23.9. The molecule has 0 aromatic carbocycles. The minimum Gasteiger partial charge on any atom is -0.370 e. The SMILES string of the molecule is c1cc(N2CCC3(CC2)OCCCO3)cnn1. The van der Waals surface area contributed by atoms with Gasteiger partial charge in [-0.25, -0.2) is 0 Å². The van der Waals surface area contributed by atoms with Crippen molar-refractivity contribution in [1.82, 2.24) is 10.2 Å². The second kappa shape index (κ2) is 4.58. The molecule has 3 rings (SSSR count). The van der Waals surface area contributed by atoms with E-state index in [2.05, 4.69) is 15.1 Å². The minimum absolute atomic E-state index is 0.310. The van der Waals surface area contributed by atoms with Crippen LogP contribution in [0.25, 0.3) is 0 Å². The van der Waals surface area contributed by atoms with Crippen LogP contribution in [0.5, 0.6) is 0 Å². The Labute approximate surface area is 101 Å². The molecule has 0 amide bonds. The van der Waals surface area contributed by atoms with Gasteiger partial charge in [0.2, 0.25) is 0 Å². The highest BCUT2D eigenvalue weighted by Gasteiger charge is 2.38. The van der Waals surface area contributed by atoms with E-state index in [1.54, 1.807) is 12.4 Å². The molecule has 2 aliphatic heterocycles. The highest BCUT2D eigenvalue weighted by Crippen LogP contribution is 2.32. The molecule has 5 heteroatoms. The summed E-state index contributed by atoms with van der Waals surface area (Å²) in [6.45, 7) is 3.56. The summed E-state index contributed by atoms with van der Waals surface area (Å²) < 4.78 is 11.6. The average Bonchev–Trinajstić information content (AvgIpc) is 2.42. The molecule has 1 aromatic heterocycles. The lowest BCUT2D eigenvalue weighted by Gasteiger charge is -2.43. The summed E-state index contributed by atoms with van der Waals surface area (Å²) in [7, 11) is 0. The Bertz CT molecular complexity index is 355. The van der Waals surface area contributed by atoms with Gasteiger partial charge >= 0.3 is 0 Å². The quantitative estimate of drug-likeness (QED) is 0.732. The zero-order valence-corrected chi connectivity index (χ0v) is 9.84. The molecular weight excluding hydrogens is 218 g/mol. The molecule has 17 heavy (non-hydrogen) atoms. The van der Waals surface area contributed by atoms with Crippen molar-refractivity contribution >= 4 is 5.69 Å². The van der Waals surface area contributed by atoms with Crippen molar-refractivity contribution in [2.75, 3.05) is 31.2 Å². The molecule has 2 fully saturated rings. The third kappa shape index (κ3) is 2.25. The zero-order chi connectivity index (χ0) is 11.6. The van der Waals surface area contributed by atoms with Crippen LogP contribution in [0.3, 0.4) is 0 Å². The zero-order valence-electron chi connectivity index (χ0n) is 9.84. The number of nitrogens with zero attached hydrogens (tertiary/aromatic N) is 3. The van der Waals surface area contributed by atoms with Crippen LogP contribution < -0.4 is 4.90 Å². The van der Waals surface area contributed by atoms with Gasteiger partial charge in [-0.3, -0.25) is 0 Å². The molecule has 1 spiro atoms. The first-order valence-corrected chi connectivity index (χ1v) is 6.18. The van der Waals surface area contributed by atoms with Gasteiger partial charge in [0.25, 0.3) is 0 Å². The van der Waals surface area contributed by atoms with Crippen molar-refractivity contribution < 1.29 is 9.47 Å². The van der Waals surface area contributed by atoms with E-state index in [0.717, 1.165) is 51.3 Å². The van der Waals surface area contributed by atoms with Gasteiger partial charge in [-0.15, -0.1) is 0 Å². The molecule has 0 radical (unpaired) electrons. The van der Waals surface area contributed by atoms with E-state index < -0.39 is 0 Å². The summed E-state index contributed by atoms with van der Waals surface area (Å²) in [5, 5.41) is 7.71. The topological polar surface area (TPSA) is 47.5 Å². The van der Waals surface area contributed by atoms with Crippen LogP contribution in [0.4, 0.5) is 5.69 Å². The summed E-state index contributed by atoms with van der Waals surface area (Å²) in [6, 6.07) is 1.99. The summed E-state index contributed by atoms with van der Waals surface area (Å²) >= 11 is 0. The van der Waals surface area contributed by atoms with Crippen LogP contribution in [0.1, 0.15) is 19.3 Å². The van der Waals surface area contributed by atoms with E-state index in [-0.39, 0.29) is 5.79 Å². The maximum absolute atomic E-state index is 5.81. The van der Waals surface area contributed by atoms with E-state index in [1.165, 1.54) is 0 Å². The molecule has 0 N–H and O–H groups in total. The van der Waals surface area contributed by atoms with Crippen LogP contribution in [0, 0.1) is 0 Å². The number of hydrogen-bond acceptors (Lipinski definition) is 5. The van der Waals surface area contributed by atoms with Gasteiger partial charge < -0.3 is 14.4 Å². The molecular formula is C12H17N3O2. The molecule has 0 atom stereocenters. The lowest BCUT2D eigenvalue weighted by Crippen LogP contribution is -2.50. The first kappa shape index (κ1) is 10.9. The molecule has 1 aromatic rings. The summed E-state index contributed by atoms with van der Waals surface area (Å²) in [5.74, 6) is -0.310. The van der Waals surface area contributed by atoms with E-state index in [1.807, 2.05) is 6.07 Å². The number of piperidine rings is 1. The van der Waals surface area contributed by atoms with E-state index >= 15 is 0 Å². The monoisotopic (exact) mass is 235 g/mol. The number of hydrogen-bond donors (Lipinski definition) is 0. The molecule has 92 valence electrons. The number of ether oxygens (including phenoxy) is 2. The molecule has 0 saturated carbocycles. The largest absolute Gasteiger partial charge is 0.370 e. The second-order valence-corrected chi connectivity index (χ2v) is 4.55. The molecule has 0 bridgehead atoms. The number of anilines is 1. The van der Waals surface area contributed by atoms with Gasteiger partial charge in [-0.1, -0.05) is 0 Å². The first-order valence-electron chi connectivity index (χ1n) is 6.18. The standard InChI is InChI=1S/C12H17N3O2/c1-8-16-12(17-9-1)3-6-15(7-4-12)11-2-5-13-14-10-11/h2,5,10H,1,3-4,6-9H2. The van der Waals surface area contributed by atoms with Crippen LogP contribution in [-0.4, -0.2) is 42.3 Å². The van der Waals surface area contributed by atoms with Crippen molar-refractivity contribution in [3.8, 4) is 0 Å². The van der Waals surface area contributed by atoms with E-state index in [9.17, 15) is 0 Å². The molecule has 3 heterocycles. The summed E-state index contributed by atoms with van der Waals surface area (Å²) in [4.78, 5) is 2.31. The fourth-order valence-corrected chi connectivity index (χ4v) is 2.48. The maximum Gasteiger partial charge on any atom is 0.171 e. The Morgan fingerprint density at radius 3 is 2.53 bits per heavy atom. The Balaban J connectivity index is 1.64. The summed E-state index contributed by atoms with van der Waals surface area (Å²) in [6.07, 6.45) is 6.40. The second-order valence-electron chi connectivity index (χ2n) is 4.55. The van der Waals surface area contributed by atoms with Crippen LogP contribution >= 0.6 is 0 Å². The van der Waals surface area contributed by atoms with Crippen LogP contribution in [0.15, 0.2) is 18.5 Å². The van der Waals surface area contributed by atoms with Gasteiger partial charge in [0, 0.05) is 25.9 Å². The van der Waals surface area contributed by atoms with E-state index in [4.69, 9.17) is 9.47 Å². The van der Waals surface area contributed by atoms with Gasteiger partial charge in [0.15, 0.2) is 5.79 Å². The molecule has 5 nitrogen and oxygen atoms in total. The molecule has 2 aliphatic rings. The van der Waals surface area contributed by atoms with E-state index in [0.29, 0.717) is 0 Å². The Kier molecular flexibility index (Phi) is 2.94. The van der Waals surface area contributed by atoms with Crippen molar-refractivity contribution in [3.63, 3.8) is 0 Å². The lowest BCUT2D eigenvalue weighted by atomic mass is 10.0. The number of aromatic nitrogens is 2. The molecule has 2 saturated heterocycles.